The molecule has 0 heterocycles. The van der Waals surface area contributed by atoms with E-state index in [-0.39, 0.29) is 6.04 Å². The second kappa shape index (κ2) is 7.14. The molecule has 14 heavy (non-hydrogen) atoms. The summed E-state index contributed by atoms with van der Waals surface area (Å²) in [4.78, 5) is 0. The van der Waals surface area contributed by atoms with Crippen molar-refractivity contribution in [2.75, 3.05) is 12.3 Å². The van der Waals surface area contributed by atoms with Gasteiger partial charge in [0.05, 0.1) is 6.07 Å². The van der Waals surface area contributed by atoms with Crippen molar-refractivity contribution < 1.29 is 0 Å². The summed E-state index contributed by atoms with van der Waals surface area (Å²) in [6.07, 6.45) is 6.59. The van der Waals surface area contributed by atoms with E-state index >= 15 is 0 Å². The lowest BCUT2D eigenvalue weighted by Gasteiger charge is -2.13. The maximum atomic E-state index is 8.90. The van der Waals surface area contributed by atoms with E-state index in [1.54, 1.807) is 0 Å². The van der Waals surface area contributed by atoms with E-state index in [2.05, 4.69) is 18.3 Å². The highest BCUT2D eigenvalue weighted by Crippen LogP contribution is 2.29. The van der Waals surface area contributed by atoms with Crippen molar-refractivity contribution in [1.29, 1.82) is 5.26 Å². The van der Waals surface area contributed by atoms with Gasteiger partial charge in [-0.05, 0) is 25.8 Å². The number of hydrogen-bond acceptors (Lipinski definition) is 3. The molecule has 1 aliphatic rings. The molecule has 1 saturated carbocycles. The summed E-state index contributed by atoms with van der Waals surface area (Å²) in [5.41, 5.74) is 0. The van der Waals surface area contributed by atoms with Crippen LogP contribution in [0.25, 0.3) is 0 Å². The highest BCUT2D eigenvalue weighted by atomic mass is 32.2. The van der Waals surface area contributed by atoms with Crippen LogP contribution in [0.2, 0.25) is 0 Å². The van der Waals surface area contributed by atoms with Crippen LogP contribution in [0.5, 0.6) is 0 Å². The Bertz CT molecular complexity index is 182. The molecular weight excluding hydrogens is 192 g/mol. The third-order valence-electron chi connectivity index (χ3n) is 2.60. The first-order valence-electron chi connectivity index (χ1n) is 5.61. The van der Waals surface area contributed by atoms with Crippen LogP contribution in [-0.4, -0.2) is 23.6 Å². The molecule has 1 fully saturated rings. The summed E-state index contributed by atoms with van der Waals surface area (Å²) >= 11 is 1.98. The van der Waals surface area contributed by atoms with Crippen molar-refractivity contribution >= 4 is 11.8 Å². The quantitative estimate of drug-likeness (QED) is 0.735. The zero-order valence-corrected chi connectivity index (χ0v) is 9.78. The highest BCUT2D eigenvalue weighted by molar-refractivity contribution is 7.99. The van der Waals surface area contributed by atoms with Crippen LogP contribution in [0.3, 0.4) is 0 Å². The van der Waals surface area contributed by atoms with Crippen LogP contribution in [0.15, 0.2) is 0 Å². The molecule has 1 rings (SSSR count). The molecule has 80 valence electrons. The zero-order valence-electron chi connectivity index (χ0n) is 8.96. The Hall–Kier alpha value is -0.200. The minimum Gasteiger partial charge on any atom is -0.301 e. The number of nitriles is 1. The molecule has 0 bridgehead atoms. The van der Waals surface area contributed by atoms with E-state index in [9.17, 15) is 0 Å². The average molecular weight is 212 g/mol. The van der Waals surface area contributed by atoms with Crippen LogP contribution in [0, 0.1) is 11.3 Å². The largest absolute Gasteiger partial charge is 0.301 e. The normalized spacial score (nSPS) is 19.4. The van der Waals surface area contributed by atoms with Crippen LogP contribution < -0.4 is 5.32 Å². The van der Waals surface area contributed by atoms with Crippen LogP contribution in [0.1, 0.15) is 39.0 Å². The molecule has 2 nitrogen and oxygen atoms in total. The third kappa shape index (κ3) is 4.34. The van der Waals surface area contributed by atoms with Crippen LogP contribution in [-0.2, 0) is 0 Å². The van der Waals surface area contributed by atoms with E-state index in [0.717, 1.165) is 24.0 Å². The van der Waals surface area contributed by atoms with E-state index in [1.807, 2.05) is 11.8 Å². The first-order valence-corrected chi connectivity index (χ1v) is 6.66. The van der Waals surface area contributed by atoms with Crippen LogP contribution in [0.4, 0.5) is 0 Å². The topological polar surface area (TPSA) is 35.8 Å². The van der Waals surface area contributed by atoms with Gasteiger partial charge in [0.1, 0.15) is 6.04 Å². The summed E-state index contributed by atoms with van der Waals surface area (Å²) < 4.78 is 0. The lowest BCUT2D eigenvalue weighted by molar-refractivity contribution is 0.636. The molecule has 1 aliphatic carbocycles. The predicted molar refractivity (Wildman–Crippen MR) is 62.4 cm³/mol. The number of nitrogens with zero attached hydrogens (tertiary/aromatic N) is 1. The van der Waals surface area contributed by atoms with Gasteiger partial charge in [0.25, 0.3) is 0 Å². The molecule has 1 atom stereocenters. The molecule has 0 saturated heterocycles. The predicted octanol–water partition coefficient (Wildman–Crippen LogP) is 2.55. The van der Waals surface area contributed by atoms with Gasteiger partial charge in [-0.15, -0.1) is 0 Å². The summed E-state index contributed by atoms with van der Waals surface area (Å²) in [5, 5.41) is 13.0. The molecular formula is C11H20N2S. The van der Waals surface area contributed by atoms with Crippen molar-refractivity contribution in [3.8, 4) is 6.07 Å². The first-order chi connectivity index (χ1) is 6.86. The smallest absolute Gasteiger partial charge is 0.104 e. The number of rotatable bonds is 6. The van der Waals surface area contributed by atoms with E-state index in [1.165, 1.54) is 25.7 Å². The molecule has 0 aliphatic heterocycles. The fourth-order valence-electron chi connectivity index (χ4n) is 1.75. The zero-order chi connectivity index (χ0) is 10.2. The lowest BCUT2D eigenvalue weighted by atomic mass is 10.3. The van der Waals surface area contributed by atoms with Crippen molar-refractivity contribution in [3.63, 3.8) is 0 Å². The fourth-order valence-corrected chi connectivity index (χ4v) is 3.07. The molecule has 0 amide bonds. The van der Waals surface area contributed by atoms with Gasteiger partial charge in [-0.25, -0.2) is 0 Å². The minimum absolute atomic E-state index is 0.0561. The van der Waals surface area contributed by atoms with Crippen molar-refractivity contribution in [2.24, 2.45) is 0 Å². The maximum absolute atomic E-state index is 8.90. The summed E-state index contributed by atoms with van der Waals surface area (Å²) in [7, 11) is 0. The van der Waals surface area contributed by atoms with Gasteiger partial charge >= 0.3 is 0 Å². The van der Waals surface area contributed by atoms with Crippen molar-refractivity contribution in [3.05, 3.63) is 0 Å². The second-order valence-electron chi connectivity index (χ2n) is 3.88. The van der Waals surface area contributed by atoms with Gasteiger partial charge in [0.15, 0.2) is 0 Å². The first kappa shape index (κ1) is 11.9. The number of hydrogen-bond donors (Lipinski definition) is 1. The Morgan fingerprint density at radius 3 is 2.79 bits per heavy atom. The molecule has 0 aromatic heterocycles. The summed E-state index contributed by atoms with van der Waals surface area (Å²) in [5.74, 6) is 0.959. The molecule has 0 aromatic rings. The lowest BCUT2D eigenvalue weighted by Crippen LogP contribution is -2.30. The molecule has 0 radical (unpaired) electrons. The number of nitrogens with one attached hydrogen (secondary N) is 1. The Kier molecular flexibility index (Phi) is 6.05. The molecule has 3 heteroatoms. The third-order valence-corrected chi connectivity index (χ3v) is 4.07. The average Bonchev–Trinajstić information content (AvgIpc) is 2.71. The van der Waals surface area contributed by atoms with Gasteiger partial charge in [0.2, 0.25) is 0 Å². The van der Waals surface area contributed by atoms with Crippen LogP contribution >= 0.6 is 11.8 Å². The Morgan fingerprint density at radius 2 is 2.21 bits per heavy atom. The van der Waals surface area contributed by atoms with E-state index < -0.39 is 0 Å². The molecule has 0 spiro atoms. The SMILES string of the molecule is CCCNC(C#N)CSC1CCCC1. The van der Waals surface area contributed by atoms with Gasteiger partial charge in [-0.1, -0.05) is 19.8 Å². The summed E-state index contributed by atoms with van der Waals surface area (Å²) in [6.45, 7) is 3.09. The maximum Gasteiger partial charge on any atom is 0.104 e. The second-order valence-corrected chi connectivity index (χ2v) is 5.21. The monoisotopic (exact) mass is 212 g/mol. The molecule has 1 unspecified atom stereocenters. The minimum atomic E-state index is 0.0561. The van der Waals surface area contributed by atoms with Gasteiger partial charge in [-0.3, -0.25) is 0 Å². The number of thioether (sulfide) groups is 1. The van der Waals surface area contributed by atoms with Crippen molar-refractivity contribution in [2.45, 2.75) is 50.3 Å². The van der Waals surface area contributed by atoms with Crippen molar-refractivity contribution in [1.82, 2.24) is 5.32 Å². The Balaban J connectivity index is 2.10. The van der Waals surface area contributed by atoms with Gasteiger partial charge < -0.3 is 5.32 Å². The van der Waals surface area contributed by atoms with E-state index in [4.69, 9.17) is 5.26 Å². The fraction of sp³-hybridized carbons (Fsp3) is 0.909. The standard InChI is InChI=1S/C11H20N2S/c1-2-7-13-10(8-12)9-14-11-5-3-4-6-11/h10-11,13H,2-7,9H2,1H3. The molecule has 0 aromatic carbocycles. The van der Waals surface area contributed by atoms with E-state index in [0.29, 0.717) is 0 Å². The Morgan fingerprint density at radius 1 is 1.50 bits per heavy atom. The summed E-state index contributed by atoms with van der Waals surface area (Å²) in [6, 6.07) is 2.38. The van der Waals surface area contributed by atoms with Gasteiger partial charge in [-0.2, -0.15) is 17.0 Å². The molecule has 1 N–H and O–H groups in total. The Labute approximate surface area is 91.4 Å². The van der Waals surface area contributed by atoms with Gasteiger partial charge in [0, 0.05) is 11.0 Å². The highest BCUT2D eigenvalue weighted by Gasteiger charge is 2.17.